The second-order valence-corrected chi connectivity index (χ2v) is 13.0. The highest BCUT2D eigenvalue weighted by molar-refractivity contribution is 7.07. The first kappa shape index (κ1) is 31.0. The van der Waals surface area contributed by atoms with Crippen molar-refractivity contribution < 1.29 is 14.3 Å². The van der Waals surface area contributed by atoms with Gasteiger partial charge in [-0.25, -0.2) is 0 Å². The van der Waals surface area contributed by atoms with Crippen LogP contribution in [0.25, 0.3) is 12.2 Å². The Morgan fingerprint density at radius 2 is 1.39 bits per heavy atom. The molecule has 0 radical (unpaired) electrons. The number of ketones is 1. The predicted molar refractivity (Wildman–Crippen MR) is 179 cm³/mol. The minimum Gasteiger partial charge on any atom is -0.485 e. The molecular weight excluding hydrogens is 590 g/mol. The minimum atomic E-state index is -0.574. The average Bonchev–Trinajstić information content (AvgIpc) is 3.30. The van der Waals surface area contributed by atoms with Gasteiger partial charge >= 0.3 is 0 Å². The monoisotopic (exact) mass is 623 g/mol. The van der Waals surface area contributed by atoms with E-state index in [-0.39, 0.29) is 11.3 Å². The number of hydrogen-bond donors (Lipinski definition) is 0. The van der Waals surface area contributed by atoms with Crippen LogP contribution < -0.4 is 24.2 Å². The van der Waals surface area contributed by atoms with Gasteiger partial charge in [0, 0.05) is 16.5 Å². The van der Waals surface area contributed by atoms with Crippen LogP contribution in [0.2, 0.25) is 5.02 Å². The lowest BCUT2D eigenvalue weighted by Gasteiger charge is -2.14. The first-order valence-corrected chi connectivity index (χ1v) is 15.5. The number of thiazole rings is 1. The fourth-order valence-corrected chi connectivity index (χ4v) is 5.53. The Kier molecular flexibility index (Phi) is 9.83. The maximum atomic E-state index is 13.7. The minimum absolute atomic E-state index is 0.0494. The third kappa shape index (κ3) is 8.16. The summed E-state index contributed by atoms with van der Waals surface area (Å²) in [5.74, 6) is 1.14. The van der Waals surface area contributed by atoms with Gasteiger partial charge in [0.25, 0.3) is 5.56 Å². The Morgan fingerprint density at radius 1 is 0.795 bits per heavy atom. The van der Waals surface area contributed by atoms with Gasteiger partial charge in [-0.05, 0) is 52.6 Å². The summed E-state index contributed by atoms with van der Waals surface area (Å²) < 4.78 is 15.2. The Hall–Kier alpha value is -4.39. The second kappa shape index (κ2) is 13.9. The number of Topliss-reactive ketones (excluding diaryl/α,β-unsaturated/α-hetero) is 1. The zero-order valence-corrected chi connectivity index (χ0v) is 26.5. The summed E-state index contributed by atoms with van der Waals surface area (Å²) in [7, 11) is 0. The molecule has 0 aliphatic rings. The van der Waals surface area contributed by atoms with E-state index in [2.05, 4.69) is 0 Å². The molecule has 0 saturated carbocycles. The van der Waals surface area contributed by atoms with Gasteiger partial charge in [-0.3, -0.25) is 14.2 Å². The Bertz CT molecular complexity index is 1910. The standard InChI is InChI=1S/C37H34ClNO4S/c1-37(2,3)34(40)22-35-39(23-26-14-17-30(38)18-15-26)36(41)33(44-35)21-29-16-19-31(42-24-27-10-6-4-7-11-27)32(20-29)43-25-28-12-8-5-9-13-28/h4-22H,23-25H2,1-3H3/b33-21-,35-22-. The van der Waals surface area contributed by atoms with Crippen LogP contribution in [0.4, 0.5) is 0 Å². The molecule has 5 nitrogen and oxygen atoms in total. The SMILES string of the molecule is CC(C)(C)C(=O)/C=c1\s/c(=C\c2ccc(OCc3ccccc3)c(OCc3ccccc3)c2)c(=O)n1Cc1ccc(Cl)cc1. The van der Waals surface area contributed by atoms with E-state index in [4.69, 9.17) is 21.1 Å². The topological polar surface area (TPSA) is 57.5 Å². The Labute approximate surface area is 266 Å². The van der Waals surface area contributed by atoms with Gasteiger partial charge in [-0.2, -0.15) is 0 Å². The Balaban J connectivity index is 1.53. The van der Waals surface area contributed by atoms with Crippen molar-refractivity contribution in [2.45, 2.75) is 40.5 Å². The van der Waals surface area contributed by atoms with Gasteiger partial charge in [0.1, 0.15) is 17.9 Å². The van der Waals surface area contributed by atoms with E-state index >= 15 is 0 Å². The highest BCUT2D eigenvalue weighted by Crippen LogP contribution is 2.30. The van der Waals surface area contributed by atoms with Crippen molar-refractivity contribution in [1.82, 2.24) is 4.57 Å². The zero-order chi connectivity index (χ0) is 31.1. The number of carbonyl (C=O) groups excluding carboxylic acids is 1. The molecule has 5 aromatic rings. The molecule has 0 bridgehead atoms. The molecule has 224 valence electrons. The normalized spacial score (nSPS) is 12.4. The van der Waals surface area contributed by atoms with Crippen molar-refractivity contribution in [3.8, 4) is 11.5 Å². The summed E-state index contributed by atoms with van der Waals surface area (Å²) in [4.78, 5) is 26.7. The molecule has 0 atom stereocenters. The van der Waals surface area contributed by atoms with Crippen molar-refractivity contribution >= 4 is 40.9 Å². The third-order valence-corrected chi connectivity index (χ3v) is 8.24. The molecule has 0 unspecified atom stereocenters. The van der Waals surface area contributed by atoms with E-state index in [1.54, 1.807) is 22.8 Å². The number of halogens is 1. The summed E-state index contributed by atoms with van der Waals surface area (Å²) in [5.41, 5.74) is 3.03. The lowest BCUT2D eigenvalue weighted by atomic mass is 9.91. The lowest BCUT2D eigenvalue weighted by Crippen LogP contribution is -2.32. The molecule has 1 aromatic heterocycles. The van der Waals surface area contributed by atoms with Gasteiger partial charge in [0.2, 0.25) is 0 Å². The van der Waals surface area contributed by atoms with Crippen LogP contribution in [0.15, 0.2) is 108 Å². The van der Waals surface area contributed by atoms with Crippen LogP contribution >= 0.6 is 22.9 Å². The van der Waals surface area contributed by atoms with Crippen LogP contribution in [-0.2, 0) is 24.6 Å². The summed E-state index contributed by atoms with van der Waals surface area (Å²) in [6, 6.07) is 32.9. The molecule has 0 amide bonds. The van der Waals surface area contributed by atoms with Gasteiger partial charge in [-0.1, -0.05) is 111 Å². The number of benzene rings is 4. The number of rotatable bonds is 10. The number of carbonyl (C=O) groups is 1. The van der Waals surface area contributed by atoms with Gasteiger partial charge in [0.05, 0.1) is 11.1 Å². The number of hydrogen-bond acceptors (Lipinski definition) is 5. The van der Waals surface area contributed by atoms with Gasteiger partial charge < -0.3 is 9.47 Å². The van der Waals surface area contributed by atoms with E-state index in [0.29, 0.717) is 45.5 Å². The molecule has 0 fully saturated rings. The van der Waals surface area contributed by atoms with Crippen molar-refractivity contribution in [2.24, 2.45) is 5.41 Å². The van der Waals surface area contributed by atoms with Gasteiger partial charge in [-0.15, -0.1) is 11.3 Å². The maximum Gasteiger partial charge on any atom is 0.269 e. The molecule has 0 aliphatic carbocycles. The van der Waals surface area contributed by atoms with Crippen LogP contribution in [0.1, 0.15) is 43.0 Å². The predicted octanol–water partition coefficient (Wildman–Crippen LogP) is 6.99. The lowest BCUT2D eigenvalue weighted by molar-refractivity contribution is -0.120. The largest absolute Gasteiger partial charge is 0.485 e. The first-order chi connectivity index (χ1) is 21.2. The number of ether oxygens (including phenoxy) is 2. The van der Waals surface area contributed by atoms with Crippen molar-refractivity contribution in [3.05, 3.63) is 150 Å². The molecule has 1 heterocycles. The molecule has 5 rings (SSSR count). The van der Waals surface area contributed by atoms with Crippen LogP contribution in [0.5, 0.6) is 11.5 Å². The summed E-state index contributed by atoms with van der Waals surface area (Å²) >= 11 is 7.38. The number of aromatic nitrogens is 1. The van der Waals surface area contributed by atoms with Gasteiger partial charge in [0.15, 0.2) is 17.3 Å². The molecule has 4 aromatic carbocycles. The van der Waals surface area contributed by atoms with Crippen molar-refractivity contribution in [3.63, 3.8) is 0 Å². The fourth-order valence-electron chi connectivity index (χ4n) is 4.36. The smallest absolute Gasteiger partial charge is 0.269 e. The maximum absolute atomic E-state index is 13.7. The first-order valence-electron chi connectivity index (χ1n) is 14.4. The van der Waals surface area contributed by atoms with E-state index < -0.39 is 5.41 Å². The molecule has 0 N–H and O–H groups in total. The highest BCUT2D eigenvalue weighted by atomic mass is 35.5. The third-order valence-electron chi connectivity index (χ3n) is 6.92. The van der Waals surface area contributed by atoms with Crippen molar-refractivity contribution in [2.75, 3.05) is 0 Å². The summed E-state index contributed by atoms with van der Waals surface area (Å²) in [6.07, 6.45) is 3.41. The van der Waals surface area contributed by atoms with Crippen LogP contribution in [0, 0.1) is 5.41 Å². The molecule has 44 heavy (non-hydrogen) atoms. The molecular formula is C37H34ClNO4S. The van der Waals surface area contributed by atoms with Crippen LogP contribution in [0.3, 0.4) is 0 Å². The molecule has 7 heteroatoms. The molecule has 0 spiro atoms. The highest BCUT2D eigenvalue weighted by Gasteiger charge is 2.20. The molecule has 0 saturated heterocycles. The van der Waals surface area contributed by atoms with E-state index in [1.807, 2.05) is 118 Å². The van der Waals surface area contributed by atoms with E-state index in [0.717, 1.165) is 22.3 Å². The summed E-state index contributed by atoms with van der Waals surface area (Å²) in [6.45, 7) is 6.69. The quantitative estimate of drug-likeness (QED) is 0.168. The van der Waals surface area contributed by atoms with E-state index in [1.165, 1.54) is 11.3 Å². The van der Waals surface area contributed by atoms with Crippen LogP contribution in [-0.4, -0.2) is 10.4 Å². The fraction of sp³-hybridized carbons (Fsp3) is 0.189. The zero-order valence-electron chi connectivity index (χ0n) is 25.0. The summed E-state index contributed by atoms with van der Waals surface area (Å²) in [5, 5.41) is 0.622. The second-order valence-electron chi connectivity index (χ2n) is 11.5. The van der Waals surface area contributed by atoms with E-state index in [9.17, 15) is 9.59 Å². The molecule has 0 aliphatic heterocycles. The number of nitrogens with zero attached hydrogens (tertiary/aromatic N) is 1. The average molecular weight is 624 g/mol. The Morgan fingerprint density at radius 3 is 1.98 bits per heavy atom. The van der Waals surface area contributed by atoms with Crippen molar-refractivity contribution in [1.29, 1.82) is 0 Å².